The maximum absolute atomic E-state index is 12.1. The zero-order valence-corrected chi connectivity index (χ0v) is 13.7. The molecule has 0 saturated carbocycles. The average Bonchev–Trinajstić information content (AvgIpc) is 2.41. The van der Waals surface area contributed by atoms with Crippen LogP contribution in [0.2, 0.25) is 0 Å². The summed E-state index contributed by atoms with van der Waals surface area (Å²) >= 11 is 0. The smallest absolute Gasteiger partial charge is 0.326 e. The van der Waals surface area contributed by atoms with Crippen LogP contribution in [0.1, 0.15) is 34.1 Å². The maximum Gasteiger partial charge on any atom is 0.326 e. The van der Waals surface area contributed by atoms with Crippen molar-refractivity contribution in [1.29, 1.82) is 0 Å². The molecule has 0 aromatic carbocycles. The highest BCUT2D eigenvalue weighted by molar-refractivity contribution is 5.94. The molecule has 2 amide bonds. The molecule has 0 aromatic rings. The first kappa shape index (κ1) is 20.8. The monoisotopic (exact) mass is 331 g/mol. The van der Waals surface area contributed by atoms with Crippen molar-refractivity contribution in [2.45, 2.75) is 52.2 Å². The van der Waals surface area contributed by atoms with Gasteiger partial charge < -0.3 is 26.6 Å². The lowest BCUT2D eigenvalue weighted by Crippen LogP contribution is -2.56. The fourth-order valence-corrected chi connectivity index (χ4v) is 1.72. The molecule has 23 heavy (non-hydrogen) atoms. The summed E-state index contributed by atoms with van der Waals surface area (Å²) in [4.78, 5) is 46.0. The van der Waals surface area contributed by atoms with Crippen LogP contribution in [-0.2, 0) is 19.2 Å². The van der Waals surface area contributed by atoms with E-state index in [0.717, 1.165) is 0 Å². The van der Waals surface area contributed by atoms with Crippen molar-refractivity contribution in [3.8, 4) is 0 Å². The molecule has 0 aliphatic heterocycles. The average molecular weight is 331 g/mol. The second-order valence-electron chi connectivity index (χ2n) is 6.00. The lowest BCUT2D eigenvalue weighted by molar-refractivity contribution is -0.144. The van der Waals surface area contributed by atoms with Crippen LogP contribution in [0.25, 0.3) is 0 Å². The molecule has 9 heteroatoms. The van der Waals surface area contributed by atoms with Crippen LogP contribution in [0.3, 0.4) is 0 Å². The molecule has 0 fully saturated rings. The van der Waals surface area contributed by atoms with Gasteiger partial charge in [0.15, 0.2) is 0 Å². The highest BCUT2D eigenvalue weighted by Crippen LogP contribution is 2.05. The van der Waals surface area contributed by atoms with E-state index in [-0.39, 0.29) is 5.92 Å². The van der Waals surface area contributed by atoms with E-state index in [1.54, 1.807) is 27.7 Å². The molecule has 0 aliphatic rings. The minimum atomic E-state index is -1.40. The van der Waals surface area contributed by atoms with Crippen LogP contribution < -0.4 is 16.4 Å². The minimum Gasteiger partial charge on any atom is -0.481 e. The van der Waals surface area contributed by atoms with Crippen molar-refractivity contribution in [3.63, 3.8) is 0 Å². The lowest BCUT2D eigenvalue weighted by atomic mass is 10.0. The number of nitrogens with one attached hydrogen (secondary N) is 2. The molecular formula is C14H25N3O6. The third-order valence-corrected chi connectivity index (χ3v) is 3.26. The molecule has 3 atom stereocenters. The van der Waals surface area contributed by atoms with E-state index >= 15 is 0 Å². The first-order valence-corrected chi connectivity index (χ1v) is 7.28. The van der Waals surface area contributed by atoms with E-state index in [2.05, 4.69) is 10.6 Å². The number of carbonyl (C=O) groups excluding carboxylic acids is 2. The zero-order chi connectivity index (χ0) is 18.3. The number of carboxylic acid groups (broad SMARTS) is 2. The highest BCUT2D eigenvalue weighted by Gasteiger charge is 2.31. The highest BCUT2D eigenvalue weighted by atomic mass is 16.4. The third-order valence-electron chi connectivity index (χ3n) is 3.26. The Hall–Kier alpha value is -2.16. The second-order valence-corrected chi connectivity index (χ2v) is 6.00. The predicted octanol–water partition coefficient (Wildman–Crippen LogP) is -0.845. The summed E-state index contributed by atoms with van der Waals surface area (Å²) in [5.74, 6) is -4.70. The van der Waals surface area contributed by atoms with Crippen molar-refractivity contribution in [3.05, 3.63) is 0 Å². The van der Waals surface area contributed by atoms with E-state index in [1.165, 1.54) is 0 Å². The molecule has 0 bridgehead atoms. The van der Waals surface area contributed by atoms with Gasteiger partial charge in [-0.15, -0.1) is 0 Å². The fourth-order valence-electron chi connectivity index (χ4n) is 1.72. The summed E-state index contributed by atoms with van der Waals surface area (Å²) in [6.45, 7) is 6.60. The van der Waals surface area contributed by atoms with Gasteiger partial charge in [0.1, 0.15) is 12.1 Å². The number of rotatable bonds is 9. The Kier molecular flexibility index (Phi) is 8.23. The molecule has 0 spiro atoms. The Morgan fingerprint density at radius 2 is 1.43 bits per heavy atom. The third kappa shape index (κ3) is 7.09. The topological polar surface area (TPSA) is 159 Å². The summed E-state index contributed by atoms with van der Waals surface area (Å²) in [6.07, 6.45) is -0.674. The van der Waals surface area contributed by atoms with Gasteiger partial charge in [-0.2, -0.15) is 0 Å². The molecule has 132 valence electrons. The quantitative estimate of drug-likeness (QED) is 0.368. The normalized spacial score (nSPS) is 14.9. The molecule has 0 radical (unpaired) electrons. The number of hydrogen-bond donors (Lipinski definition) is 5. The Balaban J connectivity index is 5.09. The largest absolute Gasteiger partial charge is 0.481 e. The number of hydrogen-bond acceptors (Lipinski definition) is 5. The molecule has 0 aromatic heterocycles. The molecule has 6 N–H and O–H groups in total. The van der Waals surface area contributed by atoms with Gasteiger partial charge in [-0.25, -0.2) is 4.79 Å². The minimum absolute atomic E-state index is 0.203. The van der Waals surface area contributed by atoms with Crippen LogP contribution in [0.15, 0.2) is 0 Å². The van der Waals surface area contributed by atoms with Crippen LogP contribution in [-0.4, -0.2) is 52.1 Å². The molecule has 0 aliphatic carbocycles. The van der Waals surface area contributed by atoms with Gasteiger partial charge in [0.05, 0.1) is 12.5 Å². The van der Waals surface area contributed by atoms with E-state index in [1.807, 2.05) is 0 Å². The standard InChI is InChI=1S/C14H25N3O6/c1-6(2)10(15)13(21)16-8(5-9(18)19)12(20)17-11(7(3)4)14(22)23/h6-8,10-11H,5,15H2,1-4H3,(H,16,21)(H,17,20)(H,18,19)(H,22,23). The van der Waals surface area contributed by atoms with Crippen molar-refractivity contribution in [1.82, 2.24) is 10.6 Å². The van der Waals surface area contributed by atoms with E-state index in [0.29, 0.717) is 0 Å². The molecular weight excluding hydrogens is 306 g/mol. The van der Waals surface area contributed by atoms with Gasteiger partial charge in [-0.3, -0.25) is 14.4 Å². The number of carbonyl (C=O) groups is 4. The van der Waals surface area contributed by atoms with Crippen molar-refractivity contribution in [2.75, 3.05) is 0 Å². The SMILES string of the molecule is CC(C)C(N)C(=O)NC(CC(=O)O)C(=O)NC(C(=O)O)C(C)C. The molecule has 3 unspecified atom stereocenters. The van der Waals surface area contributed by atoms with Gasteiger partial charge in [0.2, 0.25) is 11.8 Å². The van der Waals surface area contributed by atoms with Crippen molar-refractivity contribution >= 4 is 23.8 Å². The van der Waals surface area contributed by atoms with Gasteiger partial charge in [0.25, 0.3) is 0 Å². The number of aliphatic carboxylic acids is 2. The first-order chi connectivity index (χ1) is 10.5. The van der Waals surface area contributed by atoms with E-state index in [4.69, 9.17) is 15.9 Å². The first-order valence-electron chi connectivity index (χ1n) is 7.28. The van der Waals surface area contributed by atoms with Crippen LogP contribution in [0.5, 0.6) is 0 Å². The molecule has 9 nitrogen and oxygen atoms in total. The van der Waals surface area contributed by atoms with Crippen LogP contribution in [0.4, 0.5) is 0 Å². The summed E-state index contributed by atoms with van der Waals surface area (Å²) in [6, 6.07) is -3.49. The Morgan fingerprint density at radius 3 is 1.78 bits per heavy atom. The fraction of sp³-hybridized carbons (Fsp3) is 0.714. The van der Waals surface area contributed by atoms with Gasteiger partial charge >= 0.3 is 11.9 Å². The van der Waals surface area contributed by atoms with E-state index in [9.17, 15) is 19.2 Å². The Labute approximate surface area is 134 Å². The van der Waals surface area contributed by atoms with Crippen LogP contribution >= 0.6 is 0 Å². The van der Waals surface area contributed by atoms with Gasteiger partial charge in [-0.05, 0) is 11.8 Å². The number of amides is 2. The van der Waals surface area contributed by atoms with Crippen molar-refractivity contribution < 1.29 is 29.4 Å². The summed E-state index contributed by atoms with van der Waals surface area (Å²) in [5, 5.41) is 22.4. The summed E-state index contributed by atoms with van der Waals surface area (Å²) < 4.78 is 0. The predicted molar refractivity (Wildman–Crippen MR) is 81.4 cm³/mol. The lowest BCUT2D eigenvalue weighted by Gasteiger charge is -2.24. The zero-order valence-electron chi connectivity index (χ0n) is 13.7. The van der Waals surface area contributed by atoms with E-state index < -0.39 is 54.2 Å². The summed E-state index contributed by atoms with van der Waals surface area (Å²) in [5.41, 5.74) is 5.65. The van der Waals surface area contributed by atoms with Crippen molar-refractivity contribution in [2.24, 2.45) is 17.6 Å². The molecule has 0 saturated heterocycles. The Morgan fingerprint density at radius 1 is 0.913 bits per heavy atom. The number of nitrogens with two attached hydrogens (primary N) is 1. The summed E-state index contributed by atoms with van der Waals surface area (Å²) in [7, 11) is 0. The molecule has 0 heterocycles. The number of carboxylic acids is 2. The maximum atomic E-state index is 12.1. The van der Waals surface area contributed by atoms with Gasteiger partial charge in [0, 0.05) is 0 Å². The Bertz CT molecular complexity index is 463. The second kappa shape index (κ2) is 9.09. The molecule has 0 rings (SSSR count). The van der Waals surface area contributed by atoms with Crippen LogP contribution in [0, 0.1) is 11.8 Å². The van der Waals surface area contributed by atoms with Gasteiger partial charge in [-0.1, -0.05) is 27.7 Å².